The maximum absolute atomic E-state index is 11.4. The number of carbonyl (C=O) groups excluding carboxylic acids is 1. The maximum Gasteiger partial charge on any atom is 1.00 e. The molecule has 0 bridgehead atoms. The van der Waals surface area contributed by atoms with E-state index in [1.807, 2.05) is 0 Å². The number of quaternary nitrogens is 1. The fourth-order valence-electron chi connectivity index (χ4n) is 7.34. The topological polar surface area (TPSA) is 146 Å². The van der Waals surface area contributed by atoms with E-state index in [4.69, 9.17) is 0 Å². The summed E-state index contributed by atoms with van der Waals surface area (Å²) in [5, 5.41) is -11.0. The number of nitrogens with one attached hydrogen (secondary N) is 1. The van der Waals surface area contributed by atoms with Crippen molar-refractivity contribution in [2.45, 2.75) is 231 Å². The van der Waals surface area contributed by atoms with Gasteiger partial charge in [-0.1, -0.05) is 181 Å². The number of carbonyl (C=O) groups is 1. The second-order valence-corrected chi connectivity index (χ2v) is 21.5. The summed E-state index contributed by atoms with van der Waals surface area (Å²) < 4.78 is 145. The fourth-order valence-corrected chi connectivity index (χ4v) is 7.77. The Balaban J connectivity index is -0.000000158. The van der Waals surface area contributed by atoms with Crippen LogP contribution >= 0.6 is 0 Å². The second-order valence-electron chi connectivity index (χ2n) is 18.6. The van der Waals surface area contributed by atoms with Crippen LogP contribution in [-0.2, 0) is 25.0 Å². The number of hydrogen-bond acceptors (Lipinski definition) is 10. The van der Waals surface area contributed by atoms with Crippen molar-refractivity contribution in [1.29, 1.82) is 0 Å². The van der Waals surface area contributed by atoms with Crippen LogP contribution in [0.5, 0.6) is 0 Å². The Kier molecular flexibility index (Phi) is 68.2. The maximum atomic E-state index is 11.4. The molecule has 2 fully saturated rings. The van der Waals surface area contributed by atoms with Crippen LogP contribution in [0, 0.1) is 0 Å². The molecule has 2 aliphatic rings. The molecule has 0 aromatic rings. The summed E-state index contributed by atoms with van der Waals surface area (Å²) in [5.41, 5.74) is 0. The van der Waals surface area contributed by atoms with Crippen molar-refractivity contribution in [1.82, 2.24) is 14.7 Å². The molecule has 11 nitrogen and oxygen atoms in total. The molecule has 0 aromatic carbocycles. The van der Waals surface area contributed by atoms with Gasteiger partial charge in [-0.25, -0.2) is 34.4 Å². The third kappa shape index (κ3) is 54.6. The number of unbranched alkanes of at least 4 members (excludes halogenated alkanes) is 26. The van der Waals surface area contributed by atoms with Crippen LogP contribution in [0.15, 0.2) is 0 Å². The molecule has 72 heavy (non-hydrogen) atoms. The zero-order chi connectivity index (χ0) is 52.5. The van der Waals surface area contributed by atoms with Crippen LogP contribution in [0.25, 0.3) is 0 Å². The first kappa shape index (κ1) is 88.5. The Morgan fingerprint density at radius 2 is 0.764 bits per heavy atom. The van der Waals surface area contributed by atoms with Gasteiger partial charge in [0.15, 0.2) is 20.2 Å². The van der Waals surface area contributed by atoms with Crippen molar-refractivity contribution in [2.24, 2.45) is 0 Å². The predicted molar refractivity (Wildman–Crippen MR) is 256 cm³/mol. The van der Waals surface area contributed by atoms with Crippen molar-refractivity contribution in [2.75, 3.05) is 66.7 Å². The largest absolute Gasteiger partial charge is 1.00 e. The molecule has 0 saturated carbocycles. The van der Waals surface area contributed by atoms with Crippen molar-refractivity contribution in [3.8, 4) is 0 Å². The number of hydrogen-bond donors (Lipinski definition) is 1. The molecule has 2 aliphatic heterocycles. The van der Waals surface area contributed by atoms with E-state index >= 15 is 0 Å². The Morgan fingerprint density at radius 3 is 0.944 bits per heavy atom. The van der Waals surface area contributed by atoms with Gasteiger partial charge in [0.1, 0.15) is 12.5 Å². The van der Waals surface area contributed by atoms with Gasteiger partial charge in [0, 0.05) is 19.6 Å². The first-order valence-corrected chi connectivity index (χ1v) is 28.2. The molecule has 2 rings (SSSR count). The van der Waals surface area contributed by atoms with Crippen LogP contribution in [-0.4, -0.2) is 136 Å². The van der Waals surface area contributed by atoms with Gasteiger partial charge >= 0.3 is 126 Å². The molecule has 2 heterocycles. The number of rotatable bonds is 34. The molecular weight excluding hydrogens is 1100 g/mol. The van der Waals surface area contributed by atoms with E-state index < -0.39 is 43.6 Å². The van der Waals surface area contributed by atoms with Gasteiger partial charge in [-0.2, -0.15) is 17.6 Å². The summed E-state index contributed by atoms with van der Waals surface area (Å²) in [6.07, 6.45) is 31.9. The van der Waals surface area contributed by atoms with Crippen molar-refractivity contribution in [3.05, 3.63) is 0 Å². The molecule has 1 unspecified atom stereocenters. The smallest absolute Gasteiger partial charge is 1.00 e. The van der Waals surface area contributed by atoms with Gasteiger partial charge in [0.2, 0.25) is 0 Å². The van der Waals surface area contributed by atoms with Crippen molar-refractivity contribution >= 4 is 26.0 Å². The van der Waals surface area contributed by atoms with Crippen molar-refractivity contribution in [3.63, 3.8) is 0 Å². The number of alkyl halides is 8. The normalized spacial score (nSPS) is 15.2. The summed E-state index contributed by atoms with van der Waals surface area (Å²) in [4.78, 5) is 18.8. The molecule has 2 saturated heterocycles. The first-order chi connectivity index (χ1) is 31.8. The fraction of sp³-hybridized carbons (Fsp3) is 0.979. The first-order valence-electron chi connectivity index (χ1n) is 25.4. The van der Waals surface area contributed by atoms with Crippen LogP contribution in [0.2, 0.25) is 0 Å². The van der Waals surface area contributed by atoms with E-state index in [9.17, 15) is 65.9 Å². The predicted octanol–water partition coefficient (Wildman–Crippen LogP) is -0.682. The number of nitrogens with zero attached hydrogens (tertiary/aromatic N) is 3. The molecule has 1 atom stereocenters. The van der Waals surface area contributed by atoms with E-state index in [-0.39, 0.29) is 133 Å². The Hall–Kier alpha value is 2.62. The third-order valence-electron chi connectivity index (χ3n) is 11.4. The zero-order valence-corrected chi connectivity index (χ0v) is 54.8. The zero-order valence-electron chi connectivity index (χ0n) is 45.4. The van der Waals surface area contributed by atoms with Crippen LogP contribution in [0.3, 0.4) is 0 Å². The number of ketones is 1. The molecule has 0 amide bonds. The van der Waals surface area contributed by atoms with Gasteiger partial charge in [0.05, 0.1) is 26.8 Å². The molecule has 1 N–H and O–H groups in total. The van der Waals surface area contributed by atoms with Crippen molar-refractivity contribution < 1.29 is 198 Å². The molecule has 428 valence electrons. The number of Topliss-reactive ketones (excluding diaryl/α,β-unsaturated/α-hetero) is 1. The molecule has 0 spiro atoms. The molecular formula is C47H93Cl2F8K2N4O7S2-. The minimum Gasteiger partial charge on any atom is -1.00 e. The van der Waals surface area contributed by atoms with Crippen LogP contribution < -0.4 is 132 Å². The minimum absolute atomic E-state index is 0. The SMILES string of the molecule is CC(C)=O.CCCCCCCCCCCCCCCCN1CCN(C)C1.CCCCCCCCCCCCCCCCN1CC[NH+](C)C1.O=S(=O)([O-])C(F)(F)C(F)F.O=S(=O)([O-])C(F)(F)C(F)F.[Cl-].[Cl-].[K+].[K+]. The van der Waals surface area contributed by atoms with Gasteiger partial charge in [-0.3, -0.25) is 14.7 Å². The molecule has 0 radical (unpaired) electrons. The Labute approximate surface area is 529 Å². The summed E-state index contributed by atoms with van der Waals surface area (Å²) in [6.45, 7) is 18.0. The summed E-state index contributed by atoms with van der Waals surface area (Å²) >= 11 is 0. The van der Waals surface area contributed by atoms with E-state index in [2.05, 4.69) is 42.6 Å². The summed E-state index contributed by atoms with van der Waals surface area (Å²) in [6, 6.07) is 0. The monoisotopic (exact) mass is 1190 g/mol. The number of likely N-dealkylation sites (N-methyl/N-ethyl adjacent to an activating group) is 2. The van der Waals surface area contributed by atoms with E-state index in [1.54, 1.807) is 4.90 Å². The van der Waals surface area contributed by atoms with Gasteiger partial charge in [-0.05, 0) is 40.3 Å². The number of halogens is 10. The van der Waals surface area contributed by atoms with E-state index in [1.165, 1.54) is 246 Å². The Bertz CT molecular complexity index is 1320. The molecule has 0 aliphatic carbocycles. The minimum atomic E-state index is -6.23. The third-order valence-corrected chi connectivity index (χ3v) is 13.1. The molecule has 0 aromatic heterocycles. The van der Waals surface area contributed by atoms with Gasteiger partial charge < -0.3 is 43.6 Å². The van der Waals surface area contributed by atoms with Crippen LogP contribution in [0.4, 0.5) is 35.1 Å². The van der Waals surface area contributed by atoms with Crippen LogP contribution in [0.1, 0.15) is 207 Å². The summed E-state index contributed by atoms with van der Waals surface area (Å²) in [5.74, 6) is 0.167. The molecule has 25 heteroatoms. The van der Waals surface area contributed by atoms with Gasteiger partial charge in [-0.15, -0.1) is 0 Å². The van der Waals surface area contributed by atoms with E-state index in [0.29, 0.717) is 0 Å². The van der Waals surface area contributed by atoms with Gasteiger partial charge in [0.25, 0.3) is 0 Å². The average molecular weight is 1190 g/mol. The summed E-state index contributed by atoms with van der Waals surface area (Å²) in [7, 11) is -7.93. The second kappa shape index (κ2) is 55.5. The average Bonchev–Trinajstić information content (AvgIpc) is 3.87. The standard InChI is InChI=1S/2C20H42N2.C3H6O.2C2H2F4O3S.2ClH.2K/c2*1-3-4-5-6-7-8-9-10-11-12-13-14-15-16-17-22-19-18-21(2)20-22;1-3(2)4;2*3-1(4)2(5,6)10(7,8)9;;;;/h2*3-20H2,1-2H3;1-2H3;2*1H,(H,7,8,9);2*1H;;/q;;;;;;;2*+1/p-3. The quantitative estimate of drug-likeness (QED) is 0.0381. The van der Waals surface area contributed by atoms with E-state index in [0.717, 1.165) is 0 Å². The Morgan fingerprint density at radius 1 is 0.514 bits per heavy atom.